The zero-order chi connectivity index (χ0) is 14.5. The van der Waals surface area contributed by atoms with Crippen molar-refractivity contribution in [1.82, 2.24) is 5.32 Å². The molecule has 0 saturated heterocycles. The summed E-state index contributed by atoms with van der Waals surface area (Å²) in [6, 6.07) is 6.47. The van der Waals surface area contributed by atoms with Gasteiger partial charge in [-0.2, -0.15) is 0 Å². The van der Waals surface area contributed by atoms with Crippen molar-refractivity contribution in [3.8, 4) is 0 Å². The summed E-state index contributed by atoms with van der Waals surface area (Å²) in [6.07, 6.45) is 2.01. The third kappa shape index (κ3) is 3.56. The molecule has 0 aliphatic heterocycles. The van der Waals surface area contributed by atoms with E-state index in [1.54, 1.807) is 18.2 Å². The number of benzene rings is 1. The minimum absolute atomic E-state index is 0.120. The minimum atomic E-state index is -0.827. The summed E-state index contributed by atoms with van der Waals surface area (Å²) in [5.41, 5.74) is 0.572. The minimum Gasteiger partial charge on any atom is -0.481 e. The second-order valence-corrected chi connectivity index (χ2v) is 5.18. The summed E-state index contributed by atoms with van der Waals surface area (Å²) >= 11 is 0. The molecule has 0 unspecified atom stereocenters. The molecule has 4 nitrogen and oxygen atoms in total. The molecule has 2 rings (SSSR count). The number of hydrogen-bond acceptors (Lipinski definition) is 2. The Labute approximate surface area is 117 Å². The molecule has 1 amide bonds. The van der Waals surface area contributed by atoms with Gasteiger partial charge in [0.15, 0.2) is 0 Å². The summed E-state index contributed by atoms with van der Waals surface area (Å²) < 4.78 is 13.4. The fourth-order valence-electron chi connectivity index (χ4n) is 2.61. The number of nitrogens with one attached hydrogen (secondary N) is 1. The van der Waals surface area contributed by atoms with E-state index in [1.807, 2.05) is 0 Å². The van der Waals surface area contributed by atoms with Gasteiger partial charge >= 0.3 is 5.97 Å². The van der Waals surface area contributed by atoms with E-state index in [0.717, 1.165) is 0 Å². The quantitative estimate of drug-likeness (QED) is 0.866. The second kappa shape index (κ2) is 6.50. The van der Waals surface area contributed by atoms with Crippen molar-refractivity contribution in [2.24, 2.45) is 11.8 Å². The van der Waals surface area contributed by atoms with Gasteiger partial charge in [-0.25, -0.2) is 4.39 Å². The van der Waals surface area contributed by atoms with Crippen LogP contribution in [0, 0.1) is 17.7 Å². The van der Waals surface area contributed by atoms with E-state index >= 15 is 0 Å². The monoisotopic (exact) mass is 279 g/mol. The largest absolute Gasteiger partial charge is 0.481 e. The van der Waals surface area contributed by atoms with Gasteiger partial charge in [-0.1, -0.05) is 18.2 Å². The molecule has 20 heavy (non-hydrogen) atoms. The molecule has 2 atom stereocenters. The van der Waals surface area contributed by atoms with Gasteiger partial charge in [0.2, 0.25) is 5.91 Å². The molecule has 5 heteroatoms. The fourth-order valence-corrected chi connectivity index (χ4v) is 2.61. The fraction of sp³-hybridized carbons (Fsp3) is 0.467. The van der Waals surface area contributed by atoms with E-state index in [9.17, 15) is 14.0 Å². The zero-order valence-electron chi connectivity index (χ0n) is 11.1. The molecule has 1 aromatic rings. The highest BCUT2D eigenvalue weighted by Crippen LogP contribution is 2.31. The van der Waals surface area contributed by atoms with Crippen molar-refractivity contribution >= 4 is 11.9 Å². The van der Waals surface area contributed by atoms with Crippen LogP contribution in [0.5, 0.6) is 0 Å². The summed E-state index contributed by atoms with van der Waals surface area (Å²) in [5.74, 6) is -1.85. The summed E-state index contributed by atoms with van der Waals surface area (Å²) in [4.78, 5) is 22.7. The Kier molecular flexibility index (Phi) is 4.71. The first kappa shape index (κ1) is 14.5. The maximum atomic E-state index is 13.4. The van der Waals surface area contributed by atoms with Gasteiger partial charge < -0.3 is 10.4 Å². The predicted octanol–water partition coefficient (Wildman–Crippen LogP) is 1.99. The molecule has 1 aromatic carbocycles. The molecular formula is C15H18FNO3. The van der Waals surface area contributed by atoms with Crippen LogP contribution in [-0.2, 0) is 16.0 Å². The van der Waals surface area contributed by atoms with Crippen LogP contribution in [0.1, 0.15) is 24.8 Å². The number of carbonyl (C=O) groups is 2. The third-order valence-corrected chi connectivity index (χ3v) is 3.80. The predicted molar refractivity (Wildman–Crippen MR) is 71.6 cm³/mol. The molecule has 108 valence electrons. The number of aliphatic carboxylic acids is 1. The summed E-state index contributed by atoms with van der Waals surface area (Å²) in [7, 11) is 0. The van der Waals surface area contributed by atoms with Crippen LogP contribution in [0.2, 0.25) is 0 Å². The first-order valence-electron chi connectivity index (χ1n) is 6.82. The summed E-state index contributed by atoms with van der Waals surface area (Å²) in [6.45, 7) is 0.369. The Morgan fingerprint density at radius 1 is 1.25 bits per heavy atom. The molecule has 1 fully saturated rings. The zero-order valence-corrected chi connectivity index (χ0v) is 11.1. The van der Waals surface area contributed by atoms with Crippen molar-refractivity contribution < 1.29 is 19.1 Å². The number of rotatable bonds is 5. The van der Waals surface area contributed by atoms with Crippen molar-refractivity contribution in [2.75, 3.05) is 6.54 Å². The number of hydrogen-bond donors (Lipinski definition) is 2. The molecule has 0 aromatic heterocycles. The molecule has 1 aliphatic rings. The first-order chi connectivity index (χ1) is 9.58. The average molecular weight is 279 g/mol. The van der Waals surface area contributed by atoms with Crippen LogP contribution in [-0.4, -0.2) is 23.5 Å². The van der Waals surface area contributed by atoms with Crippen molar-refractivity contribution in [2.45, 2.75) is 25.7 Å². The van der Waals surface area contributed by atoms with Gasteiger partial charge in [0, 0.05) is 12.5 Å². The Balaban J connectivity index is 1.76. The van der Waals surface area contributed by atoms with E-state index < -0.39 is 11.9 Å². The van der Waals surface area contributed by atoms with Gasteiger partial charge in [0.1, 0.15) is 5.82 Å². The molecule has 0 heterocycles. The number of carboxylic acids is 1. The standard InChI is InChI=1S/C15H18FNO3/c16-13-4-2-1-3-10(13)7-8-17-14(18)11-5-6-12(9-11)15(19)20/h1-4,11-12H,5-9H2,(H,17,18)(H,19,20)/t11-,12+/m0/s1. The van der Waals surface area contributed by atoms with E-state index in [0.29, 0.717) is 37.8 Å². The van der Waals surface area contributed by atoms with E-state index in [4.69, 9.17) is 5.11 Å². The Morgan fingerprint density at radius 3 is 2.60 bits per heavy atom. The smallest absolute Gasteiger partial charge is 0.306 e. The molecule has 0 radical (unpaired) electrons. The van der Waals surface area contributed by atoms with E-state index in [2.05, 4.69) is 5.32 Å². The van der Waals surface area contributed by atoms with Gasteiger partial charge in [-0.05, 0) is 37.3 Å². The van der Waals surface area contributed by atoms with Crippen molar-refractivity contribution in [3.05, 3.63) is 35.6 Å². The molecule has 0 bridgehead atoms. The van der Waals surface area contributed by atoms with E-state index in [-0.39, 0.29) is 17.6 Å². The highest BCUT2D eigenvalue weighted by molar-refractivity contribution is 5.80. The van der Waals surface area contributed by atoms with E-state index in [1.165, 1.54) is 6.07 Å². The van der Waals surface area contributed by atoms with Crippen LogP contribution >= 0.6 is 0 Å². The molecule has 2 N–H and O–H groups in total. The lowest BCUT2D eigenvalue weighted by molar-refractivity contribution is -0.141. The normalized spacial score (nSPS) is 21.6. The van der Waals surface area contributed by atoms with Crippen molar-refractivity contribution in [1.29, 1.82) is 0 Å². The highest BCUT2D eigenvalue weighted by Gasteiger charge is 2.33. The molecule has 0 spiro atoms. The van der Waals surface area contributed by atoms with Gasteiger partial charge in [0.05, 0.1) is 5.92 Å². The Morgan fingerprint density at radius 2 is 1.95 bits per heavy atom. The topological polar surface area (TPSA) is 66.4 Å². The first-order valence-corrected chi connectivity index (χ1v) is 6.82. The van der Waals surface area contributed by atoms with Crippen LogP contribution in [0.4, 0.5) is 4.39 Å². The van der Waals surface area contributed by atoms with Crippen LogP contribution < -0.4 is 5.32 Å². The molecule has 1 saturated carbocycles. The van der Waals surface area contributed by atoms with Crippen LogP contribution in [0.3, 0.4) is 0 Å². The maximum Gasteiger partial charge on any atom is 0.306 e. The Bertz CT molecular complexity index is 504. The lowest BCUT2D eigenvalue weighted by atomic mass is 10.0. The third-order valence-electron chi connectivity index (χ3n) is 3.80. The number of amides is 1. The summed E-state index contributed by atoms with van der Waals surface area (Å²) in [5, 5.41) is 11.7. The number of carboxylic acid groups (broad SMARTS) is 1. The lowest BCUT2D eigenvalue weighted by Gasteiger charge is -2.11. The average Bonchev–Trinajstić information content (AvgIpc) is 2.91. The maximum absolute atomic E-state index is 13.4. The van der Waals surface area contributed by atoms with Gasteiger partial charge in [0.25, 0.3) is 0 Å². The molecular weight excluding hydrogens is 261 g/mol. The lowest BCUT2D eigenvalue weighted by Crippen LogP contribution is -2.31. The van der Waals surface area contributed by atoms with Gasteiger partial charge in [-0.15, -0.1) is 0 Å². The van der Waals surface area contributed by atoms with Crippen LogP contribution in [0.15, 0.2) is 24.3 Å². The van der Waals surface area contributed by atoms with Gasteiger partial charge in [-0.3, -0.25) is 9.59 Å². The number of carbonyl (C=O) groups excluding carboxylic acids is 1. The highest BCUT2D eigenvalue weighted by atomic mass is 19.1. The Hall–Kier alpha value is -1.91. The molecule has 1 aliphatic carbocycles. The van der Waals surface area contributed by atoms with Crippen LogP contribution in [0.25, 0.3) is 0 Å². The van der Waals surface area contributed by atoms with Crippen molar-refractivity contribution in [3.63, 3.8) is 0 Å². The number of halogens is 1. The second-order valence-electron chi connectivity index (χ2n) is 5.18. The SMILES string of the molecule is O=C(O)[C@@H]1CC[C@H](C(=O)NCCc2ccccc2F)C1.